The Hall–Kier alpha value is -2.52. The van der Waals surface area contributed by atoms with Crippen LogP contribution in [-0.2, 0) is 0 Å². The summed E-state index contributed by atoms with van der Waals surface area (Å²) in [6.45, 7) is 0. The first-order chi connectivity index (χ1) is 11.2. The molecule has 0 unspecified atom stereocenters. The third-order valence-electron chi connectivity index (χ3n) is 3.90. The zero-order valence-electron chi connectivity index (χ0n) is 12.2. The van der Waals surface area contributed by atoms with Gasteiger partial charge in [-0.15, -0.1) is 0 Å². The number of rotatable bonds is 1. The fourth-order valence-corrected chi connectivity index (χ4v) is 3.25. The predicted molar refractivity (Wildman–Crippen MR) is 95.8 cm³/mol. The molecule has 0 saturated carbocycles. The highest BCUT2D eigenvalue weighted by atomic mass is 79.9. The number of nitrogens with zero attached hydrogens (tertiary/aromatic N) is 1. The highest BCUT2D eigenvalue weighted by molar-refractivity contribution is 9.10. The van der Waals surface area contributed by atoms with E-state index in [-0.39, 0.29) is 5.78 Å². The summed E-state index contributed by atoms with van der Waals surface area (Å²) in [5, 5.41) is 0. The molecule has 3 aromatic rings. The fourth-order valence-electron chi connectivity index (χ4n) is 2.86. The van der Waals surface area contributed by atoms with Gasteiger partial charge in [0.05, 0.1) is 11.4 Å². The molecule has 3 aromatic carbocycles. The van der Waals surface area contributed by atoms with E-state index in [0.29, 0.717) is 11.1 Å². The maximum atomic E-state index is 12.7. The Bertz CT molecular complexity index is 908. The molecule has 110 valence electrons. The van der Waals surface area contributed by atoms with Crippen LogP contribution in [0.15, 0.2) is 82.3 Å². The summed E-state index contributed by atoms with van der Waals surface area (Å²) in [6.07, 6.45) is 0. The van der Waals surface area contributed by atoms with Crippen LogP contribution in [0, 0.1) is 0 Å². The lowest BCUT2D eigenvalue weighted by atomic mass is 9.83. The minimum atomic E-state index is 0.0596. The molecular weight excluding hydrogens is 350 g/mol. The minimum Gasteiger partial charge on any atom is -0.289 e. The number of ketones is 1. The Morgan fingerprint density at radius 3 is 1.83 bits per heavy atom. The highest BCUT2D eigenvalue weighted by Crippen LogP contribution is 2.30. The first-order valence-corrected chi connectivity index (χ1v) is 8.11. The Balaban J connectivity index is 2.00. The van der Waals surface area contributed by atoms with E-state index >= 15 is 0 Å². The quantitative estimate of drug-likeness (QED) is 0.460. The van der Waals surface area contributed by atoms with Gasteiger partial charge in [-0.25, -0.2) is 4.99 Å². The highest BCUT2D eigenvalue weighted by Gasteiger charge is 2.27. The maximum Gasteiger partial charge on any atom is 0.194 e. The number of halogens is 1. The summed E-state index contributed by atoms with van der Waals surface area (Å²) in [7, 11) is 0. The molecule has 3 heteroatoms. The van der Waals surface area contributed by atoms with Gasteiger partial charge in [0.15, 0.2) is 5.78 Å². The van der Waals surface area contributed by atoms with Crippen LogP contribution >= 0.6 is 15.9 Å². The van der Waals surface area contributed by atoms with E-state index in [9.17, 15) is 4.79 Å². The molecule has 1 aliphatic rings. The number of fused-ring (bicyclic) bond motifs is 2. The van der Waals surface area contributed by atoms with Crippen LogP contribution in [0.4, 0.5) is 5.69 Å². The van der Waals surface area contributed by atoms with Gasteiger partial charge in [-0.2, -0.15) is 0 Å². The first kappa shape index (κ1) is 14.1. The molecule has 0 heterocycles. The van der Waals surface area contributed by atoms with E-state index in [1.165, 1.54) is 0 Å². The molecule has 23 heavy (non-hydrogen) atoms. The molecule has 0 atom stereocenters. The molecule has 1 aliphatic carbocycles. The van der Waals surface area contributed by atoms with E-state index in [2.05, 4.69) is 15.9 Å². The van der Waals surface area contributed by atoms with Crippen molar-refractivity contribution in [2.45, 2.75) is 0 Å². The largest absolute Gasteiger partial charge is 0.289 e. The molecule has 0 spiro atoms. The maximum absolute atomic E-state index is 12.7. The number of carbonyl (C=O) groups excluding carboxylic acids is 1. The average Bonchev–Trinajstić information content (AvgIpc) is 2.59. The molecule has 0 saturated heterocycles. The van der Waals surface area contributed by atoms with Crippen molar-refractivity contribution in [2.75, 3.05) is 0 Å². The van der Waals surface area contributed by atoms with Crippen molar-refractivity contribution >= 4 is 33.1 Å². The molecule has 2 nitrogen and oxygen atoms in total. The second kappa shape index (κ2) is 5.60. The van der Waals surface area contributed by atoms with Gasteiger partial charge in [0.2, 0.25) is 0 Å². The van der Waals surface area contributed by atoms with Crippen LogP contribution in [0.5, 0.6) is 0 Å². The zero-order valence-corrected chi connectivity index (χ0v) is 13.7. The van der Waals surface area contributed by atoms with E-state index in [1.807, 2.05) is 72.8 Å². The SMILES string of the molecule is O=C1c2ccccc2C(=Nc2cccc(Br)c2)c2ccccc21. The molecule has 0 bridgehead atoms. The summed E-state index contributed by atoms with van der Waals surface area (Å²) in [5.41, 5.74) is 4.88. The molecule has 0 amide bonds. The van der Waals surface area contributed by atoms with Gasteiger partial charge in [0.25, 0.3) is 0 Å². The van der Waals surface area contributed by atoms with E-state index in [1.54, 1.807) is 0 Å². The van der Waals surface area contributed by atoms with Gasteiger partial charge in [-0.3, -0.25) is 4.79 Å². The van der Waals surface area contributed by atoms with Crippen LogP contribution in [-0.4, -0.2) is 11.5 Å². The van der Waals surface area contributed by atoms with Gasteiger partial charge in [0.1, 0.15) is 0 Å². The van der Waals surface area contributed by atoms with Crippen LogP contribution in [0.3, 0.4) is 0 Å². The van der Waals surface area contributed by atoms with Crippen LogP contribution in [0.25, 0.3) is 0 Å². The third-order valence-corrected chi connectivity index (χ3v) is 4.40. The minimum absolute atomic E-state index is 0.0596. The van der Waals surface area contributed by atoms with Gasteiger partial charge in [0, 0.05) is 26.7 Å². The lowest BCUT2D eigenvalue weighted by Gasteiger charge is -2.20. The lowest BCUT2D eigenvalue weighted by molar-refractivity contribution is 0.103. The molecule has 0 fully saturated rings. The smallest absolute Gasteiger partial charge is 0.194 e. The Kier molecular flexibility index (Phi) is 3.43. The van der Waals surface area contributed by atoms with Crippen molar-refractivity contribution in [1.29, 1.82) is 0 Å². The van der Waals surface area contributed by atoms with Crippen molar-refractivity contribution in [2.24, 2.45) is 4.99 Å². The van der Waals surface area contributed by atoms with Gasteiger partial charge in [-0.1, -0.05) is 70.5 Å². The lowest BCUT2D eigenvalue weighted by Crippen LogP contribution is -2.21. The number of carbonyl (C=O) groups is 1. The number of aliphatic imine (C=N–C) groups is 1. The Morgan fingerprint density at radius 1 is 0.696 bits per heavy atom. The van der Waals surface area contributed by atoms with Crippen molar-refractivity contribution in [3.05, 3.63) is 99.5 Å². The normalized spacial score (nSPS) is 12.6. The van der Waals surface area contributed by atoms with Gasteiger partial charge < -0.3 is 0 Å². The molecule has 0 radical (unpaired) electrons. The summed E-state index contributed by atoms with van der Waals surface area (Å²) in [4.78, 5) is 17.5. The standard InChI is InChI=1S/C20H12BrNO/c21-13-6-5-7-14(12-13)22-19-15-8-1-3-10-17(15)20(23)18-11-4-2-9-16(18)19/h1-12H. The second-order valence-electron chi connectivity index (χ2n) is 5.36. The fraction of sp³-hybridized carbons (Fsp3) is 0. The average molecular weight is 362 g/mol. The zero-order chi connectivity index (χ0) is 15.8. The van der Waals surface area contributed by atoms with Crippen LogP contribution < -0.4 is 0 Å². The van der Waals surface area contributed by atoms with Gasteiger partial charge in [-0.05, 0) is 18.2 Å². The summed E-state index contributed by atoms with van der Waals surface area (Å²) < 4.78 is 0.979. The number of hydrogen-bond donors (Lipinski definition) is 0. The monoisotopic (exact) mass is 361 g/mol. The van der Waals surface area contributed by atoms with E-state index < -0.39 is 0 Å². The number of hydrogen-bond acceptors (Lipinski definition) is 2. The Morgan fingerprint density at radius 2 is 1.26 bits per heavy atom. The summed E-state index contributed by atoms with van der Waals surface area (Å²) >= 11 is 3.48. The Labute approximate surface area is 142 Å². The van der Waals surface area contributed by atoms with E-state index in [4.69, 9.17) is 4.99 Å². The van der Waals surface area contributed by atoms with E-state index in [0.717, 1.165) is 27.0 Å². The second-order valence-corrected chi connectivity index (χ2v) is 6.28. The molecule has 4 rings (SSSR count). The van der Waals surface area contributed by atoms with Crippen molar-refractivity contribution in [3.63, 3.8) is 0 Å². The number of benzene rings is 3. The van der Waals surface area contributed by atoms with Crippen molar-refractivity contribution < 1.29 is 4.79 Å². The predicted octanol–water partition coefficient (Wildman–Crippen LogP) is 5.16. The van der Waals surface area contributed by atoms with Crippen molar-refractivity contribution in [3.8, 4) is 0 Å². The molecule has 0 aliphatic heterocycles. The molecular formula is C20H12BrNO. The van der Waals surface area contributed by atoms with Crippen molar-refractivity contribution in [1.82, 2.24) is 0 Å². The third kappa shape index (κ3) is 2.43. The summed E-state index contributed by atoms with van der Waals surface area (Å²) in [6, 6.07) is 23.2. The molecule has 0 aromatic heterocycles. The first-order valence-electron chi connectivity index (χ1n) is 7.32. The molecule has 0 N–H and O–H groups in total. The van der Waals surface area contributed by atoms with Crippen LogP contribution in [0.1, 0.15) is 27.0 Å². The van der Waals surface area contributed by atoms with Crippen LogP contribution in [0.2, 0.25) is 0 Å². The topological polar surface area (TPSA) is 29.4 Å². The van der Waals surface area contributed by atoms with Gasteiger partial charge >= 0.3 is 0 Å². The summed E-state index contributed by atoms with van der Waals surface area (Å²) in [5.74, 6) is 0.0596.